The molecule has 0 aliphatic heterocycles. The Balaban J connectivity index is 1.86. The highest BCUT2D eigenvalue weighted by atomic mass is 32.1. The van der Waals surface area contributed by atoms with Gasteiger partial charge in [0.1, 0.15) is 0 Å². The van der Waals surface area contributed by atoms with Crippen LogP contribution in [0.4, 0.5) is 5.13 Å². The first-order valence-electron chi connectivity index (χ1n) is 7.66. The highest BCUT2D eigenvalue weighted by Crippen LogP contribution is 2.27. The number of thiazole rings is 1. The lowest BCUT2D eigenvalue weighted by Gasteiger charge is -2.33. The fourth-order valence-corrected chi connectivity index (χ4v) is 3.98. The number of fused-ring (bicyclic) bond motifs is 1. The van der Waals surface area contributed by atoms with Crippen LogP contribution in [0.5, 0.6) is 0 Å². The summed E-state index contributed by atoms with van der Waals surface area (Å²) in [4.78, 5) is 19.1. The molecular formula is C16H21N3OS. The van der Waals surface area contributed by atoms with Gasteiger partial charge in [0.2, 0.25) is 0 Å². The fraction of sp³-hybridized carbons (Fsp3) is 0.500. The lowest BCUT2D eigenvalue weighted by molar-refractivity contribution is 0.0648. The van der Waals surface area contributed by atoms with Gasteiger partial charge in [-0.15, -0.1) is 0 Å². The average molecular weight is 303 g/mol. The summed E-state index contributed by atoms with van der Waals surface area (Å²) in [6.45, 7) is 2.84. The second-order valence-corrected chi connectivity index (χ2v) is 6.68. The van der Waals surface area contributed by atoms with Gasteiger partial charge >= 0.3 is 0 Å². The molecule has 1 saturated carbocycles. The molecule has 0 bridgehead atoms. The third-order valence-corrected chi connectivity index (χ3v) is 5.12. The molecule has 2 aromatic rings. The first kappa shape index (κ1) is 14.3. The maximum atomic E-state index is 12.8. The monoisotopic (exact) mass is 303 g/mol. The summed E-state index contributed by atoms with van der Waals surface area (Å²) in [7, 11) is 0. The zero-order chi connectivity index (χ0) is 14.8. The van der Waals surface area contributed by atoms with Crippen LogP contribution in [0.15, 0.2) is 18.2 Å². The molecule has 1 aliphatic carbocycles. The molecule has 2 N–H and O–H groups in total. The number of benzene rings is 1. The molecule has 0 spiro atoms. The number of amides is 1. The number of nitrogen functional groups attached to an aromatic ring is 1. The van der Waals surface area contributed by atoms with E-state index in [1.54, 1.807) is 0 Å². The average Bonchev–Trinajstić information content (AvgIpc) is 2.88. The Hall–Kier alpha value is -1.62. The van der Waals surface area contributed by atoms with Crippen LogP contribution in [0, 0.1) is 0 Å². The van der Waals surface area contributed by atoms with Crippen molar-refractivity contribution in [3.8, 4) is 0 Å². The van der Waals surface area contributed by atoms with E-state index in [9.17, 15) is 4.79 Å². The third-order valence-electron chi connectivity index (χ3n) is 4.27. The SMILES string of the molecule is CCN(C(=O)c1ccc2nc(N)sc2c1)C1CCCCC1. The zero-order valence-corrected chi connectivity index (χ0v) is 13.2. The molecule has 4 nitrogen and oxygen atoms in total. The number of hydrogen-bond acceptors (Lipinski definition) is 4. The highest BCUT2D eigenvalue weighted by molar-refractivity contribution is 7.22. The number of rotatable bonds is 3. The predicted octanol–water partition coefficient (Wildman–Crippen LogP) is 3.67. The number of nitrogens with zero attached hydrogens (tertiary/aromatic N) is 2. The van der Waals surface area contributed by atoms with Crippen molar-refractivity contribution in [1.82, 2.24) is 9.88 Å². The van der Waals surface area contributed by atoms with Crippen molar-refractivity contribution in [1.29, 1.82) is 0 Å². The molecule has 3 rings (SSSR count). The van der Waals surface area contributed by atoms with Gasteiger partial charge in [-0.3, -0.25) is 4.79 Å². The van der Waals surface area contributed by atoms with Gasteiger partial charge in [-0.25, -0.2) is 4.98 Å². The Kier molecular flexibility index (Phi) is 4.10. The van der Waals surface area contributed by atoms with E-state index in [2.05, 4.69) is 11.9 Å². The lowest BCUT2D eigenvalue weighted by atomic mass is 9.93. The largest absolute Gasteiger partial charge is 0.375 e. The zero-order valence-electron chi connectivity index (χ0n) is 12.3. The van der Waals surface area contributed by atoms with Crippen LogP contribution in [0.2, 0.25) is 0 Å². The van der Waals surface area contributed by atoms with E-state index in [0.29, 0.717) is 11.2 Å². The summed E-state index contributed by atoms with van der Waals surface area (Å²) in [6, 6.07) is 6.09. The molecule has 1 aromatic carbocycles. The summed E-state index contributed by atoms with van der Waals surface area (Å²) in [5, 5.41) is 0.550. The summed E-state index contributed by atoms with van der Waals surface area (Å²) < 4.78 is 0.984. The quantitative estimate of drug-likeness (QED) is 0.941. The van der Waals surface area contributed by atoms with Gasteiger partial charge in [0.05, 0.1) is 10.2 Å². The Morgan fingerprint density at radius 2 is 2.14 bits per heavy atom. The highest BCUT2D eigenvalue weighted by Gasteiger charge is 2.25. The van der Waals surface area contributed by atoms with Crippen molar-refractivity contribution in [2.75, 3.05) is 12.3 Å². The molecule has 0 radical (unpaired) electrons. The summed E-state index contributed by atoms with van der Waals surface area (Å²) in [5.74, 6) is 0.137. The minimum absolute atomic E-state index is 0.137. The number of carbonyl (C=O) groups excluding carboxylic acids is 1. The molecule has 1 heterocycles. The van der Waals surface area contributed by atoms with Crippen LogP contribution in [0.3, 0.4) is 0 Å². The normalized spacial score (nSPS) is 16.2. The Morgan fingerprint density at radius 3 is 2.86 bits per heavy atom. The number of anilines is 1. The molecule has 21 heavy (non-hydrogen) atoms. The Bertz CT molecular complexity index is 646. The molecule has 1 amide bonds. The van der Waals surface area contributed by atoms with E-state index in [1.807, 2.05) is 23.1 Å². The molecule has 0 atom stereocenters. The number of nitrogens with two attached hydrogens (primary N) is 1. The Labute approximate surface area is 129 Å². The van der Waals surface area contributed by atoms with E-state index >= 15 is 0 Å². The van der Waals surface area contributed by atoms with Crippen LogP contribution in [0.1, 0.15) is 49.4 Å². The van der Waals surface area contributed by atoms with E-state index in [4.69, 9.17) is 5.73 Å². The smallest absolute Gasteiger partial charge is 0.254 e. The van der Waals surface area contributed by atoms with Crippen molar-refractivity contribution < 1.29 is 4.79 Å². The lowest BCUT2D eigenvalue weighted by Crippen LogP contribution is -2.41. The molecule has 0 unspecified atom stereocenters. The second kappa shape index (κ2) is 6.02. The summed E-state index contributed by atoms with van der Waals surface area (Å²) >= 11 is 1.43. The molecule has 1 aliphatic rings. The van der Waals surface area contributed by atoms with E-state index in [1.165, 1.54) is 30.6 Å². The molecular weight excluding hydrogens is 282 g/mol. The van der Waals surface area contributed by atoms with Gasteiger partial charge in [0, 0.05) is 18.2 Å². The number of carbonyl (C=O) groups is 1. The van der Waals surface area contributed by atoms with Crippen LogP contribution in [0.25, 0.3) is 10.2 Å². The van der Waals surface area contributed by atoms with E-state index in [-0.39, 0.29) is 5.91 Å². The molecule has 1 aromatic heterocycles. The van der Waals surface area contributed by atoms with Crippen LogP contribution in [-0.4, -0.2) is 28.4 Å². The van der Waals surface area contributed by atoms with Crippen molar-refractivity contribution in [3.63, 3.8) is 0 Å². The summed E-state index contributed by atoms with van der Waals surface area (Å²) in [5.41, 5.74) is 7.35. The van der Waals surface area contributed by atoms with Gasteiger partial charge in [-0.2, -0.15) is 0 Å². The van der Waals surface area contributed by atoms with Crippen molar-refractivity contribution in [2.24, 2.45) is 0 Å². The van der Waals surface area contributed by atoms with Crippen LogP contribution >= 0.6 is 11.3 Å². The van der Waals surface area contributed by atoms with Crippen molar-refractivity contribution in [2.45, 2.75) is 45.1 Å². The van der Waals surface area contributed by atoms with Crippen LogP contribution < -0.4 is 5.73 Å². The maximum absolute atomic E-state index is 12.8. The molecule has 1 fully saturated rings. The fourth-order valence-electron chi connectivity index (χ4n) is 3.20. The topological polar surface area (TPSA) is 59.2 Å². The van der Waals surface area contributed by atoms with Crippen LogP contribution in [-0.2, 0) is 0 Å². The van der Waals surface area contributed by atoms with E-state index in [0.717, 1.165) is 35.2 Å². The Morgan fingerprint density at radius 1 is 1.38 bits per heavy atom. The molecule has 112 valence electrons. The van der Waals surface area contributed by atoms with Gasteiger partial charge in [0.15, 0.2) is 5.13 Å². The van der Waals surface area contributed by atoms with Gasteiger partial charge in [0.25, 0.3) is 5.91 Å². The number of aromatic nitrogens is 1. The van der Waals surface area contributed by atoms with Crippen molar-refractivity contribution in [3.05, 3.63) is 23.8 Å². The second-order valence-electron chi connectivity index (χ2n) is 5.62. The standard InChI is InChI=1S/C16H21N3OS/c1-2-19(12-6-4-3-5-7-12)15(20)11-8-9-13-14(10-11)21-16(17)18-13/h8-10,12H,2-7H2,1H3,(H2,17,18). The third kappa shape index (κ3) is 2.88. The van der Waals surface area contributed by atoms with Gasteiger partial charge in [-0.1, -0.05) is 30.6 Å². The maximum Gasteiger partial charge on any atom is 0.254 e. The molecule has 0 saturated heterocycles. The first-order valence-corrected chi connectivity index (χ1v) is 8.47. The van der Waals surface area contributed by atoms with Gasteiger partial charge in [-0.05, 0) is 38.0 Å². The van der Waals surface area contributed by atoms with Gasteiger partial charge < -0.3 is 10.6 Å². The minimum Gasteiger partial charge on any atom is -0.375 e. The molecule has 5 heteroatoms. The minimum atomic E-state index is 0.137. The predicted molar refractivity (Wildman–Crippen MR) is 87.6 cm³/mol. The van der Waals surface area contributed by atoms with E-state index < -0.39 is 0 Å². The number of hydrogen-bond donors (Lipinski definition) is 1. The first-order chi connectivity index (χ1) is 10.2. The van der Waals surface area contributed by atoms with Crippen molar-refractivity contribution >= 4 is 32.6 Å². The summed E-state index contributed by atoms with van der Waals surface area (Å²) in [6.07, 6.45) is 6.04.